The molecule has 0 radical (unpaired) electrons. The van der Waals surface area contributed by atoms with Gasteiger partial charge in [-0.2, -0.15) is 0 Å². The number of ether oxygens (including phenoxy) is 1. The molecule has 1 aromatic carbocycles. The Balaban J connectivity index is 1.07. The molecule has 0 bridgehead atoms. The molecule has 3 saturated heterocycles. The van der Waals surface area contributed by atoms with E-state index >= 15 is 0 Å². The van der Waals surface area contributed by atoms with Crippen molar-refractivity contribution in [3.05, 3.63) is 29.8 Å². The second kappa shape index (κ2) is 6.10. The van der Waals surface area contributed by atoms with E-state index in [1.807, 2.05) is 17.0 Å². The Kier molecular flexibility index (Phi) is 3.94. The largest absolute Gasteiger partial charge is 0.447 e. The van der Waals surface area contributed by atoms with Gasteiger partial charge < -0.3 is 19.9 Å². The van der Waals surface area contributed by atoms with Crippen LogP contribution in [0.25, 0.3) is 0 Å². The quantitative estimate of drug-likeness (QED) is 0.796. The van der Waals surface area contributed by atoms with Gasteiger partial charge in [0, 0.05) is 24.8 Å². The molecule has 0 unspecified atom stereocenters. The van der Waals surface area contributed by atoms with Crippen LogP contribution in [0.3, 0.4) is 0 Å². The van der Waals surface area contributed by atoms with Crippen molar-refractivity contribution < 1.29 is 22.7 Å². The molecule has 0 atom stereocenters. The van der Waals surface area contributed by atoms with E-state index in [0.29, 0.717) is 30.5 Å². The molecule has 8 nitrogen and oxygen atoms in total. The molecule has 3 aliphatic heterocycles. The van der Waals surface area contributed by atoms with E-state index in [1.54, 1.807) is 17.0 Å². The van der Waals surface area contributed by atoms with Gasteiger partial charge in [-0.3, -0.25) is 0 Å². The lowest BCUT2D eigenvalue weighted by Gasteiger charge is -2.61. The minimum atomic E-state index is -3.15. The SMILES string of the molecule is CS(=O)(=O)c1ccc(CC2CC3(C2)CN(C(=O)N2CC4(COC(=O)N4)C2)C3)cc1. The molecule has 4 aliphatic rings. The van der Waals surface area contributed by atoms with E-state index in [2.05, 4.69) is 5.32 Å². The highest BCUT2D eigenvalue weighted by Crippen LogP contribution is 2.53. The van der Waals surface area contributed by atoms with Crippen LogP contribution >= 0.6 is 0 Å². The number of sulfone groups is 1. The maximum Gasteiger partial charge on any atom is 0.407 e. The summed E-state index contributed by atoms with van der Waals surface area (Å²) in [6, 6.07) is 7.23. The zero-order chi connectivity index (χ0) is 20.4. The minimum Gasteiger partial charge on any atom is -0.447 e. The summed E-state index contributed by atoms with van der Waals surface area (Å²) in [7, 11) is -3.15. The molecule has 9 heteroatoms. The van der Waals surface area contributed by atoms with Gasteiger partial charge in [-0.25, -0.2) is 18.0 Å². The van der Waals surface area contributed by atoms with E-state index in [0.717, 1.165) is 37.9 Å². The highest BCUT2D eigenvalue weighted by Gasteiger charge is 2.57. The minimum absolute atomic E-state index is 0.0576. The van der Waals surface area contributed by atoms with Gasteiger partial charge in [0.1, 0.15) is 12.1 Å². The number of cyclic esters (lactones) is 1. The van der Waals surface area contributed by atoms with Gasteiger partial charge >= 0.3 is 12.1 Å². The van der Waals surface area contributed by atoms with Crippen LogP contribution < -0.4 is 5.32 Å². The average Bonchev–Trinajstić information content (AvgIpc) is 2.96. The third-order valence-electron chi connectivity index (χ3n) is 6.75. The number of nitrogens with one attached hydrogen (secondary N) is 1. The molecule has 1 aliphatic carbocycles. The fourth-order valence-corrected chi connectivity index (χ4v) is 5.99. The predicted octanol–water partition coefficient (Wildman–Crippen LogP) is 1.26. The van der Waals surface area contributed by atoms with Crippen molar-refractivity contribution in [2.45, 2.75) is 29.7 Å². The number of carbonyl (C=O) groups excluding carboxylic acids is 2. The number of urea groups is 1. The van der Waals surface area contributed by atoms with Crippen LogP contribution in [-0.4, -0.2) is 74.9 Å². The van der Waals surface area contributed by atoms with Gasteiger partial charge in [-0.05, 0) is 42.9 Å². The third-order valence-corrected chi connectivity index (χ3v) is 7.88. The molecule has 1 N–H and O–H groups in total. The first-order chi connectivity index (χ1) is 13.7. The Hall–Kier alpha value is -2.29. The van der Waals surface area contributed by atoms with Crippen molar-refractivity contribution in [1.29, 1.82) is 0 Å². The zero-order valence-corrected chi connectivity index (χ0v) is 17.2. The highest BCUT2D eigenvalue weighted by atomic mass is 32.2. The van der Waals surface area contributed by atoms with Crippen LogP contribution in [0.4, 0.5) is 9.59 Å². The number of carbonyl (C=O) groups is 2. The standard InChI is InChI=1S/C20H25N3O5S/c1-29(26,27)16-4-2-14(3-5-16)6-15-7-19(8-15)9-22(10-19)18(25)23-11-20(12-23)13-28-17(24)21-20/h2-5,15H,6-13H2,1H3,(H,21,24). The Bertz CT molecular complexity index is 954. The summed E-state index contributed by atoms with van der Waals surface area (Å²) in [5.41, 5.74) is 1.06. The summed E-state index contributed by atoms with van der Waals surface area (Å²) in [5, 5.41) is 2.80. The number of hydrogen-bond acceptors (Lipinski definition) is 5. The highest BCUT2D eigenvalue weighted by molar-refractivity contribution is 7.90. The second-order valence-corrected chi connectivity index (χ2v) is 11.4. The molecule has 0 aromatic heterocycles. The molecule has 1 aromatic rings. The van der Waals surface area contributed by atoms with Crippen molar-refractivity contribution in [1.82, 2.24) is 15.1 Å². The Labute approximate surface area is 170 Å². The number of amides is 3. The maximum atomic E-state index is 12.6. The van der Waals surface area contributed by atoms with Gasteiger partial charge in [0.2, 0.25) is 0 Å². The van der Waals surface area contributed by atoms with Crippen LogP contribution in [0, 0.1) is 11.3 Å². The van der Waals surface area contributed by atoms with E-state index in [1.165, 1.54) is 6.26 Å². The normalized spacial score (nSPS) is 24.5. The molecule has 156 valence electrons. The molecule has 3 heterocycles. The fourth-order valence-electron chi connectivity index (χ4n) is 5.35. The first-order valence-corrected chi connectivity index (χ1v) is 11.8. The smallest absolute Gasteiger partial charge is 0.407 e. The lowest BCUT2D eigenvalue weighted by Crippen LogP contribution is -2.74. The van der Waals surface area contributed by atoms with Gasteiger partial charge in [0.25, 0.3) is 0 Å². The molecule has 5 rings (SSSR count). The van der Waals surface area contributed by atoms with Crippen LogP contribution in [0.5, 0.6) is 0 Å². The molecular weight excluding hydrogens is 394 g/mol. The van der Waals surface area contributed by atoms with Crippen molar-refractivity contribution in [3.8, 4) is 0 Å². The molecule has 4 fully saturated rings. The zero-order valence-electron chi connectivity index (χ0n) is 16.4. The second-order valence-electron chi connectivity index (χ2n) is 9.37. The lowest BCUT2D eigenvalue weighted by molar-refractivity contribution is -0.0827. The number of likely N-dealkylation sites (tertiary alicyclic amines) is 2. The summed E-state index contributed by atoms with van der Waals surface area (Å²) in [4.78, 5) is 27.8. The fraction of sp³-hybridized carbons (Fsp3) is 0.600. The van der Waals surface area contributed by atoms with Crippen molar-refractivity contribution >= 4 is 22.0 Å². The van der Waals surface area contributed by atoms with Gasteiger partial charge in [-0.15, -0.1) is 0 Å². The molecule has 29 heavy (non-hydrogen) atoms. The Morgan fingerprint density at radius 2 is 1.76 bits per heavy atom. The summed E-state index contributed by atoms with van der Waals surface area (Å²) in [6.07, 6.45) is 4.00. The van der Waals surface area contributed by atoms with Gasteiger partial charge in [0.15, 0.2) is 9.84 Å². The number of nitrogens with zero attached hydrogens (tertiary/aromatic N) is 2. The van der Waals surface area contributed by atoms with Crippen LogP contribution in [0.1, 0.15) is 18.4 Å². The summed E-state index contributed by atoms with van der Waals surface area (Å²) in [6.45, 7) is 3.00. The molecule has 2 spiro atoms. The maximum absolute atomic E-state index is 12.6. The summed E-state index contributed by atoms with van der Waals surface area (Å²) >= 11 is 0. The first kappa shape index (κ1) is 18.7. The molecular formula is C20H25N3O5S. The Morgan fingerprint density at radius 3 is 2.31 bits per heavy atom. The Morgan fingerprint density at radius 1 is 1.14 bits per heavy atom. The van der Waals surface area contributed by atoms with E-state index in [-0.39, 0.29) is 17.0 Å². The molecule has 1 saturated carbocycles. The third kappa shape index (κ3) is 3.25. The van der Waals surface area contributed by atoms with Crippen molar-refractivity contribution in [2.75, 3.05) is 39.0 Å². The van der Waals surface area contributed by atoms with Crippen molar-refractivity contribution in [3.63, 3.8) is 0 Å². The number of benzene rings is 1. The summed E-state index contributed by atoms with van der Waals surface area (Å²) in [5.74, 6) is 0.592. The van der Waals surface area contributed by atoms with Crippen molar-refractivity contribution in [2.24, 2.45) is 11.3 Å². The van der Waals surface area contributed by atoms with Gasteiger partial charge in [0.05, 0.1) is 18.0 Å². The monoisotopic (exact) mass is 419 g/mol. The van der Waals surface area contributed by atoms with E-state index in [9.17, 15) is 18.0 Å². The lowest BCUT2D eigenvalue weighted by atomic mass is 9.56. The van der Waals surface area contributed by atoms with E-state index in [4.69, 9.17) is 4.74 Å². The van der Waals surface area contributed by atoms with Crippen LogP contribution in [-0.2, 0) is 21.0 Å². The first-order valence-electron chi connectivity index (χ1n) is 9.93. The van der Waals surface area contributed by atoms with Crippen LogP contribution in [0.15, 0.2) is 29.2 Å². The van der Waals surface area contributed by atoms with Crippen LogP contribution in [0.2, 0.25) is 0 Å². The summed E-state index contributed by atoms with van der Waals surface area (Å²) < 4.78 is 28.1. The number of rotatable bonds is 3. The molecule has 3 amide bonds. The average molecular weight is 420 g/mol. The number of alkyl carbamates (subject to hydrolysis) is 1. The van der Waals surface area contributed by atoms with E-state index < -0.39 is 15.9 Å². The van der Waals surface area contributed by atoms with Gasteiger partial charge in [-0.1, -0.05) is 12.1 Å². The predicted molar refractivity (Wildman–Crippen MR) is 104 cm³/mol. The topological polar surface area (TPSA) is 96.0 Å². The number of hydrogen-bond donors (Lipinski definition) is 1.